The van der Waals surface area contributed by atoms with E-state index in [0.29, 0.717) is 41.5 Å². The summed E-state index contributed by atoms with van der Waals surface area (Å²) in [5.41, 5.74) is 12.2. The Bertz CT molecular complexity index is 1790. The highest BCUT2D eigenvalue weighted by Crippen LogP contribution is 2.74. The van der Waals surface area contributed by atoms with Crippen molar-refractivity contribution in [1.29, 1.82) is 0 Å². The van der Waals surface area contributed by atoms with Gasteiger partial charge in [0, 0.05) is 40.3 Å². The van der Waals surface area contributed by atoms with E-state index in [0.717, 1.165) is 23.6 Å². The van der Waals surface area contributed by atoms with E-state index < -0.39 is 0 Å². The second-order valence-corrected chi connectivity index (χ2v) is 23.5. The van der Waals surface area contributed by atoms with Gasteiger partial charge in [0.15, 0.2) is 6.71 Å². The van der Waals surface area contributed by atoms with Gasteiger partial charge in [-0.25, -0.2) is 0 Å². The molecule has 0 bridgehead atoms. The number of hydrogen-bond donors (Lipinski definition) is 0. The van der Waals surface area contributed by atoms with Crippen molar-refractivity contribution in [3.8, 4) is 0 Å². The van der Waals surface area contributed by atoms with E-state index in [1.54, 1.807) is 11.3 Å². The highest BCUT2D eigenvalue weighted by atomic mass is 15.3. The molecule has 296 valence electrons. The van der Waals surface area contributed by atoms with Crippen LogP contribution in [0.25, 0.3) is 0 Å². The Morgan fingerprint density at radius 3 is 2.18 bits per heavy atom. The van der Waals surface area contributed by atoms with Crippen molar-refractivity contribution in [2.45, 2.75) is 218 Å². The molecule has 7 fully saturated rings. The van der Waals surface area contributed by atoms with Crippen molar-refractivity contribution in [1.82, 2.24) is 9.80 Å². The molecule has 7 aliphatic carbocycles. The summed E-state index contributed by atoms with van der Waals surface area (Å²) < 4.78 is 0. The maximum Gasteiger partial charge on any atom is 0.189 e. The second kappa shape index (κ2) is 12.4. The quantitative estimate of drug-likeness (QED) is 0.260. The van der Waals surface area contributed by atoms with Gasteiger partial charge >= 0.3 is 0 Å². The minimum atomic E-state index is 0.159. The van der Waals surface area contributed by atoms with E-state index in [2.05, 4.69) is 94.7 Å². The second-order valence-electron chi connectivity index (χ2n) is 23.5. The smallest absolute Gasteiger partial charge is 0.189 e. The predicted molar refractivity (Wildman–Crippen MR) is 232 cm³/mol. The highest BCUT2D eigenvalue weighted by Gasteiger charge is 2.75. The van der Waals surface area contributed by atoms with E-state index in [9.17, 15) is 0 Å². The lowest BCUT2D eigenvalue weighted by atomic mass is 9.22. The van der Waals surface area contributed by atoms with Crippen LogP contribution < -0.4 is 0 Å². The van der Waals surface area contributed by atoms with Gasteiger partial charge in [0.05, 0.1) is 0 Å². The normalized spacial score (nSPS) is 39.7. The van der Waals surface area contributed by atoms with Crippen LogP contribution in [0, 0.1) is 34.0 Å². The van der Waals surface area contributed by atoms with Crippen LogP contribution in [0.15, 0.2) is 69.9 Å². The standard InChI is InChI=1S/C52H75BN2/c1-48(2,3)37-32-42-45-43(33-37)55-47-40(25-24-38(35-22-14-9-15-23-35)44(47)52(50(55,6)7)28-18-11-19-29-52)53(45)41-31-36(34-20-12-8-13-21-34)30-39-46(41)54(42)49(4,5)51(39)26-16-10-17-27-51/h9,14,22,30-31,33-34,38,40-42,44,46-47H,8,10-13,15-21,23-29,32H2,1-7H3. The van der Waals surface area contributed by atoms with Crippen molar-refractivity contribution in [3.63, 3.8) is 0 Å². The SMILES string of the molecule is CC(C)(C)C1=CC2=C3B(C4C=C(C5CCCCC5)C=C5C4N(C3C1)C(C)(C)C51CCCCC1)C1CCC(C3=CC=CCC3)C3C1N2C(C)(C)C31CCCCC1. The van der Waals surface area contributed by atoms with Crippen LogP contribution in [0.2, 0.25) is 11.6 Å². The van der Waals surface area contributed by atoms with Crippen LogP contribution in [0.1, 0.15) is 177 Å². The zero-order chi connectivity index (χ0) is 37.7. The van der Waals surface area contributed by atoms with Gasteiger partial charge in [-0.3, -0.25) is 4.90 Å². The number of allylic oxidation sites excluding steroid dienone is 7. The average molecular weight is 739 g/mol. The Kier molecular flexibility index (Phi) is 8.19. The molecule has 4 saturated carbocycles. The van der Waals surface area contributed by atoms with E-state index in [1.165, 1.54) is 128 Å². The molecule has 0 aromatic carbocycles. The van der Waals surface area contributed by atoms with Gasteiger partial charge in [-0.05, 0) is 149 Å². The fraction of sp³-hybridized carbons (Fsp3) is 0.769. The first-order valence-corrected chi connectivity index (χ1v) is 24.2. The first-order valence-electron chi connectivity index (χ1n) is 24.2. The fourth-order valence-corrected chi connectivity index (χ4v) is 17.7. The average Bonchev–Trinajstić information content (AvgIpc) is 3.50. The summed E-state index contributed by atoms with van der Waals surface area (Å²) in [4.78, 5) is 6.56. The van der Waals surface area contributed by atoms with E-state index in [4.69, 9.17) is 0 Å². The van der Waals surface area contributed by atoms with E-state index in [-0.39, 0.29) is 16.5 Å². The summed E-state index contributed by atoms with van der Waals surface area (Å²) in [5, 5.41) is 0. The summed E-state index contributed by atoms with van der Waals surface area (Å²) in [7, 11) is 0. The number of nitrogens with zero attached hydrogens (tertiary/aromatic N) is 2. The molecule has 2 spiro atoms. The number of hydrogen-bond acceptors (Lipinski definition) is 2. The summed E-state index contributed by atoms with van der Waals surface area (Å²) in [6.07, 6.45) is 44.5. The van der Waals surface area contributed by atoms with Gasteiger partial charge in [-0.1, -0.05) is 132 Å². The molecule has 3 saturated heterocycles. The van der Waals surface area contributed by atoms with Crippen molar-refractivity contribution in [2.24, 2.45) is 34.0 Å². The molecule has 55 heavy (non-hydrogen) atoms. The van der Waals surface area contributed by atoms with Gasteiger partial charge in [0.1, 0.15) is 0 Å². The minimum absolute atomic E-state index is 0.159. The molecule has 4 heterocycles. The summed E-state index contributed by atoms with van der Waals surface area (Å²) >= 11 is 0. The van der Waals surface area contributed by atoms with Crippen LogP contribution in [0.5, 0.6) is 0 Å². The molecule has 7 atom stereocenters. The number of rotatable bonds is 2. The molecule has 2 nitrogen and oxygen atoms in total. The Morgan fingerprint density at radius 2 is 1.49 bits per heavy atom. The third-order valence-corrected chi connectivity index (χ3v) is 20.1. The molecular formula is C52H75BN2. The summed E-state index contributed by atoms with van der Waals surface area (Å²) in [6, 6.07) is 1.79. The van der Waals surface area contributed by atoms with Crippen molar-refractivity contribution in [3.05, 3.63) is 69.9 Å². The molecule has 0 aromatic rings. The Labute approximate surface area is 336 Å². The van der Waals surface area contributed by atoms with Crippen LogP contribution >= 0.6 is 0 Å². The van der Waals surface area contributed by atoms with Gasteiger partial charge < -0.3 is 4.90 Å². The van der Waals surface area contributed by atoms with E-state index >= 15 is 0 Å². The zero-order valence-corrected chi connectivity index (χ0v) is 36.2. The van der Waals surface area contributed by atoms with Crippen LogP contribution in [-0.2, 0) is 0 Å². The first-order chi connectivity index (χ1) is 26.4. The van der Waals surface area contributed by atoms with Gasteiger partial charge in [-0.2, -0.15) is 0 Å². The number of fused-ring (bicyclic) bond motifs is 6. The summed E-state index contributed by atoms with van der Waals surface area (Å²) in [5.74, 6) is 3.73. The zero-order valence-electron chi connectivity index (χ0n) is 36.2. The van der Waals surface area contributed by atoms with Gasteiger partial charge in [0.25, 0.3) is 0 Å². The van der Waals surface area contributed by atoms with Crippen LogP contribution in [0.4, 0.5) is 0 Å². The van der Waals surface area contributed by atoms with Gasteiger partial charge in [-0.15, -0.1) is 0 Å². The van der Waals surface area contributed by atoms with Gasteiger partial charge in [0.2, 0.25) is 0 Å². The lowest BCUT2D eigenvalue weighted by Gasteiger charge is -2.62. The highest BCUT2D eigenvalue weighted by molar-refractivity contribution is 6.72. The lowest BCUT2D eigenvalue weighted by molar-refractivity contribution is 0.00522. The molecule has 0 N–H and O–H groups in total. The van der Waals surface area contributed by atoms with Crippen LogP contribution in [0.3, 0.4) is 0 Å². The molecule has 3 heteroatoms. The fourth-order valence-electron chi connectivity index (χ4n) is 17.7. The molecule has 0 aromatic heterocycles. The third kappa shape index (κ3) is 4.72. The topological polar surface area (TPSA) is 6.48 Å². The van der Waals surface area contributed by atoms with Crippen molar-refractivity contribution >= 4 is 6.71 Å². The molecule has 11 rings (SSSR count). The van der Waals surface area contributed by atoms with Crippen molar-refractivity contribution < 1.29 is 0 Å². The monoisotopic (exact) mass is 739 g/mol. The molecular weight excluding hydrogens is 663 g/mol. The Hall–Kier alpha value is -1.74. The Balaban J connectivity index is 1.17. The molecule has 11 aliphatic rings. The Morgan fingerprint density at radius 1 is 0.782 bits per heavy atom. The summed E-state index contributed by atoms with van der Waals surface area (Å²) in [6.45, 7) is 19.4. The molecule has 0 radical (unpaired) electrons. The van der Waals surface area contributed by atoms with Crippen LogP contribution in [-0.4, -0.2) is 45.7 Å². The third-order valence-electron chi connectivity index (χ3n) is 20.1. The lowest BCUT2D eigenvalue weighted by Crippen LogP contribution is -2.67. The first kappa shape index (κ1) is 36.4. The molecule has 7 unspecified atom stereocenters. The largest absolute Gasteiger partial charge is 0.364 e. The molecule has 0 amide bonds. The van der Waals surface area contributed by atoms with Crippen molar-refractivity contribution in [2.75, 3.05) is 0 Å². The maximum atomic E-state index is 3.29. The molecule has 4 aliphatic heterocycles. The predicted octanol–water partition coefficient (Wildman–Crippen LogP) is 13.4. The minimum Gasteiger partial charge on any atom is -0.364 e. The maximum absolute atomic E-state index is 3.29. The van der Waals surface area contributed by atoms with E-state index in [1.807, 2.05) is 22.2 Å².